The van der Waals surface area contributed by atoms with Crippen LogP contribution in [0.1, 0.15) is 38.3 Å². The van der Waals surface area contributed by atoms with Gasteiger partial charge < -0.3 is 19.9 Å². The van der Waals surface area contributed by atoms with Crippen molar-refractivity contribution in [3.8, 4) is 17.6 Å². The molecule has 1 rings (SSSR count). The van der Waals surface area contributed by atoms with Crippen LogP contribution in [0.15, 0.2) is 18.2 Å². The molecule has 0 aliphatic heterocycles. The number of ether oxygens (including phenoxy) is 2. The number of amides is 1. The summed E-state index contributed by atoms with van der Waals surface area (Å²) in [5, 5.41) is 11.5. The molecule has 1 aromatic carbocycles. The van der Waals surface area contributed by atoms with Gasteiger partial charge in [0.05, 0.1) is 13.5 Å². The van der Waals surface area contributed by atoms with Crippen LogP contribution in [0.25, 0.3) is 0 Å². The highest BCUT2D eigenvalue weighted by molar-refractivity contribution is 5.71. The van der Waals surface area contributed by atoms with Crippen molar-refractivity contribution in [2.45, 2.75) is 39.2 Å². The molecular weight excluding hydrogens is 310 g/mol. The molecular formula is C18H23NO5. The van der Waals surface area contributed by atoms with Crippen LogP contribution in [0.2, 0.25) is 0 Å². The maximum Gasteiger partial charge on any atom is 0.407 e. The summed E-state index contributed by atoms with van der Waals surface area (Å²) >= 11 is 0. The molecule has 24 heavy (non-hydrogen) atoms. The van der Waals surface area contributed by atoms with E-state index >= 15 is 0 Å². The van der Waals surface area contributed by atoms with Crippen LogP contribution in [0.4, 0.5) is 4.79 Å². The van der Waals surface area contributed by atoms with Gasteiger partial charge in [-0.25, -0.2) is 4.79 Å². The highest BCUT2D eigenvalue weighted by atomic mass is 16.6. The third-order valence-electron chi connectivity index (χ3n) is 2.77. The highest BCUT2D eigenvalue weighted by Crippen LogP contribution is 2.20. The quantitative estimate of drug-likeness (QED) is 0.639. The van der Waals surface area contributed by atoms with Gasteiger partial charge in [-0.15, -0.1) is 0 Å². The molecule has 2 N–H and O–H groups in total. The molecule has 0 aliphatic carbocycles. The average Bonchev–Trinajstić information content (AvgIpc) is 2.44. The molecule has 0 saturated carbocycles. The average molecular weight is 333 g/mol. The number of carboxylic acids is 1. The molecule has 6 nitrogen and oxygen atoms in total. The zero-order valence-electron chi connectivity index (χ0n) is 14.4. The first-order valence-corrected chi connectivity index (χ1v) is 7.55. The number of rotatable bonds is 5. The smallest absolute Gasteiger partial charge is 0.407 e. The summed E-state index contributed by atoms with van der Waals surface area (Å²) in [4.78, 5) is 22.3. The summed E-state index contributed by atoms with van der Waals surface area (Å²) in [6, 6.07) is 5.15. The van der Waals surface area contributed by atoms with E-state index in [4.69, 9.17) is 14.6 Å². The van der Waals surface area contributed by atoms with Crippen LogP contribution in [-0.4, -0.2) is 36.4 Å². The van der Waals surface area contributed by atoms with Crippen molar-refractivity contribution in [1.82, 2.24) is 5.32 Å². The molecule has 6 heteroatoms. The highest BCUT2D eigenvalue weighted by Gasteiger charge is 2.15. The number of carboxylic acid groups (broad SMARTS) is 1. The maximum absolute atomic E-state index is 11.5. The largest absolute Gasteiger partial charge is 0.496 e. The van der Waals surface area contributed by atoms with Crippen LogP contribution >= 0.6 is 0 Å². The lowest BCUT2D eigenvalue weighted by Crippen LogP contribution is -2.32. The topological polar surface area (TPSA) is 84.9 Å². The maximum atomic E-state index is 11.5. The zero-order chi connectivity index (χ0) is 18.2. The van der Waals surface area contributed by atoms with Crippen LogP contribution in [0.3, 0.4) is 0 Å². The van der Waals surface area contributed by atoms with Crippen molar-refractivity contribution in [1.29, 1.82) is 0 Å². The van der Waals surface area contributed by atoms with Gasteiger partial charge in [-0.2, -0.15) is 0 Å². The van der Waals surface area contributed by atoms with Crippen molar-refractivity contribution < 1.29 is 24.2 Å². The lowest BCUT2D eigenvalue weighted by atomic mass is 10.1. The van der Waals surface area contributed by atoms with Gasteiger partial charge in [-0.1, -0.05) is 11.8 Å². The monoisotopic (exact) mass is 333 g/mol. The predicted octanol–water partition coefficient (Wildman–Crippen LogP) is 2.59. The van der Waals surface area contributed by atoms with Gasteiger partial charge in [-0.3, -0.25) is 4.79 Å². The minimum atomic E-state index is -0.931. The summed E-state index contributed by atoms with van der Waals surface area (Å²) in [6.07, 6.45) is -0.143. The van der Waals surface area contributed by atoms with E-state index in [0.717, 1.165) is 0 Å². The van der Waals surface area contributed by atoms with Gasteiger partial charge in [0.2, 0.25) is 0 Å². The second kappa shape index (κ2) is 8.82. The van der Waals surface area contributed by atoms with Gasteiger partial charge >= 0.3 is 12.1 Å². The SMILES string of the molecule is COc1ccc(C#CCCNC(=O)OC(C)(C)C)cc1CC(=O)O. The Labute approximate surface area is 142 Å². The predicted molar refractivity (Wildman–Crippen MR) is 90.1 cm³/mol. The van der Waals surface area contributed by atoms with E-state index in [0.29, 0.717) is 29.8 Å². The van der Waals surface area contributed by atoms with Gasteiger partial charge in [0.25, 0.3) is 0 Å². The first kappa shape index (κ1) is 19.4. The van der Waals surface area contributed by atoms with E-state index in [9.17, 15) is 9.59 Å². The molecule has 0 bridgehead atoms. The Morgan fingerprint density at radius 2 is 2.00 bits per heavy atom. The molecule has 0 heterocycles. The normalized spacial score (nSPS) is 10.3. The third-order valence-corrected chi connectivity index (χ3v) is 2.77. The molecule has 1 aromatic rings. The Hall–Kier alpha value is -2.68. The number of hydrogen-bond donors (Lipinski definition) is 2. The Bertz CT molecular complexity index is 650. The summed E-state index contributed by atoms with van der Waals surface area (Å²) in [5.74, 6) is 5.46. The molecule has 0 unspecified atom stereocenters. The van der Waals surface area contributed by atoms with Crippen molar-refractivity contribution in [2.75, 3.05) is 13.7 Å². The fraction of sp³-hybridized carbons (Fsp3) is 0.444. The van der Waals surface area contributed by atoms with Crippen LogP contribution in [0, 0.1) is 11.8 Å². The molecule has 1 amide bonds. The van der Waals surface area contributed by atoms with Crippen molar-refractivity contribution >= 4 is 12.1 Å². The molecule has 0 atom stereocenters. The first-order chi connectivity index (χ1) is 11.2. The first-order valence-electron chi connectivity index (χ1n) is 7.55. The Morgan fingerprint density at radius 1 is 1.29 bits per heavy atom. The van der Waals surface area contributed by atoms with Gasteiger partial charge in [0.1, 0.15) is 11.4 Å². The van der Waals surface area contributed by atoms with Gasteiger partial charge in [0.15, 0.2) is 0 Å². The molecule has 0 fully saturated rings. The summed E-state index contributed by atoms with van der Waals surface area (Å²) in [7, 11) is 1.49. The number of hydrogen-bond acceptors (Lipinski definition) is 4. The number of methoxy groups -OCH3 is 1. The van der Waals surface area contributed by atoms with Crippen LogP contribution in [-0.2, 0) is 16.0 Å². The van der Waals surface area contributed by atoms with Gasteiger partial charge in [0, 0.05) is 24.1 Å². The van der Waals surface area contributed by atoms with Crippen molar-refractivity contribution in [2.24, 2.45) is 0 Å². The van der Waals surface area contributed by atoms with E-state index in [1.54, 1.807) is 39.0 Å². The minimum absolute atomic E-state index is 0.126. The zero-order valence-corrected chi connectivity index (χ0v) is 14.4. The van der Waals surface area contributed by atoms with Crippen molar-refractivity contribution in [3.05, 3.63) is 29.3 Å². The molecule has 0 spiro atoms. The number of alkyl carbamates (subject to hydrolysis) is 1. The van der Waals surface area contributed by atoms with E-state index < -0.39 is 17.7 Å². The summed E-state index contributed by atoms with van der Waals surface area (Å²) in [6.45, 7) is 5.76. The fourth-order valence-corrected chi connectivity index (χ4v) is 1.86. The summed E-state index contributed by atoms with van der Waals surface area (Å²) < 4.78 is 10.3. The second-order valence-corrected chi connectivity index (χ2v) is 6.08. The van der Waals surface area contributed by atoms with E-state index in [-0.39, 0.29) is 6.42 Å². The lowest BCUT2D eigenvalue weighted by molar-refractivity contribution is -0.136. The lowest BCUT2D eigenvalue weighted by Gasteiger charge is -2.19. The van der Waals surface area contributed by atoms with Gasteiger partial charge in [-0.05, 0) is 39.0 Å². The Balaban J connectivity index is 2.57. The third kappa shape index (κ3) is 7.54. The van der Waals surface area contributed by atoms with E-state index in [2.05, 4.69) is 17.2 Å². The summed E-state index contributed by atoms with van der Waals surface area (Å²) in [5.41, 5.74) is 0.743. The number of carbonyl (C=O) groups is 2. The molecule has 0 saturated heterocycles. The van der Waals surface area contributed by atoms with E-state index in [1.165, 1.54) is 7.11 Å². The fourth-order valence-electron chi connectivity index (χ4n) is 1.86. The van der Waals surface area contributed by atoms with Crippen LogP contribution < -0.4 is 10.1 Å². The number of benzene rings is 1. The Morgan fingerprint density at radius 3 is 2.58 bits per heavy atom. The molecule has 0 aliphatic rings. The molecule has 0 radical (unpaired) electrons. The van der Waals surface area contributed by atoms with Crippen molar-refractivity contribution in [3.63, 3.8) is 0 Å². The minimum Gasteiger partial charge on any atom is -0.496 e. The van der Waals surface area contributed by atoms with Crippen LogP contribution in [0.5, 0.6) is 5.75 Å². The standard InChI is InChI=1S/C18H23NO5/c1-18(2,3)24-17(22)19-10-6-5-7-13-8-9-15(23-4)14(11-13)12-16(20)21/h8-9,11H,6,10,12H2,1-4H3,(H,19,22)(H,20,21). The number of aliphatic carboxylic acids is 1. The second-order valence-electron chi connectivity index (χ2n) is 6.08. The molecule has 130 valence electrons. The number of nitrogens with one attached hydrogen (secondary N) is 1. The Kier molecular flexibility index (Phi) is 7.12. The number of carbonyl (C=O) groups excluding carboxylic acids is 1. The molecule has 0 aromatic heterocycles. The van der Waals surface area contributed by atoms with E-state index in [1.807, 2.05) is 0 Å².